The van der Waals surface area contributed by atoms with Gasteiger partial charge in [0.25, 0.3) is 0 Å². The van der Waals surface area contributed by atoms with Crippen molar-refractivity contribution >= 4 is 29.1 Å². The van der Waals surface area contributed by atoms with Crippen LogP contribution in [0.1, 0.15) is 12.8 Å². The summed E-state index contributed by atoms with van der Waals surface area (Å²) >= 11 is 7.95. The molecule has 0 radical (unpaired) electrons. The quantitative estimate of drug-likeness (QED) is 0.751. The molecule has 0 aliphatic heterocycles. The Hall–Kier alpha value is -0.540. The van der Waals surface area contributed by atoms with Gasteiger partial charge in [-0.05, 0) is 37.0 Å². The van der Waals surface area contributed by atoms with Crippen LogP contribution in [0.15, 0.2) is 18.2 Å². The van der Waals surface area contributed by atoms with Crippen molar-refractivity contribution in [2.24, 2.45) is 0 Å². The summed E-state index contributed by atoms with van der Waals surface area (Å²) in [7, 11) is 1.66. The molecule has 0 unspecified atom stereocenters. The van der Waals surface area contributed by atoms with Crippen molar-refractivity contribution in [1.29, 1.82) is 0 Å². The summed E-state index contributed by atoms with van der Waals surface area (Å²) in [5.41, 5.74) is 0.949. The Morgan fingerprint density at radius 3 is 2.88 bits per heavy atom. The lowest BCUT2D eigenvalue weighted by atomic mass is 10.2. The third-order valence-corrected chi connectivity index (χ3v) is 3.29. The Labute approximate surface area is 107 Å². The van der Waals surface area contributed by atoms with E-state index < -0.39 is 0 Å². The molecule has 0 heterocycles. The molecular weight excluding hydrogens is 242 g/mol. The lowest BCUT2D eigenvalue weighted by Gasteiger charge is -2.09. The number of benzene rings is 1. The van der Waals surface area contributed by atoms with E-state index in [9.17, 15) is 0 Å². The van der Waals surface area contributed by atoms with Crippen molar-refractivity contribution in [1.82, 2.24) is 0 Å². The van der Waals surface area contributed by atoms with Gasteiger partial charge in [-0.2, -0.15) is 11.8 Å². The monoisotopic (exact) mass is 259 g/mol. The molecule has 4 heteroatoms. The number of thioether (sulfide) groups is 1. The molecule has 0 saturated carbocycles. The van der Waals surface area contributed by atoms with E-state index in [2.05, 4.69) is 11.6 Å². The minimum atomic E-state index is 0.741. The number of nitrogens with one attached hydrogen (secondary N) is 1. The molecule has 90 valence electrons. The van der Waals surface area contributed by atoms with Crippen molar-refractivity contribution in [3.63, 3.8) is 0 Å². The Kier molecular flexibility index (Phi) is 6.50. The molecule has 1 aromatic rings. The van der Waals surface area contributed by atoms with Crippen molar-refractivity contribution in [3.8, 4) is 5.75 Å². The average Bonchev–Trinajstić information content (AvgIpc) is 2.31. The fourth-order valence-corrected chi connectivity index (χ4v) is 2.04. The van der Waals surface area contributed by atoms with Gasteiger partial charge in [-0.3, -0.25) is 0 Å². The van der Waals surface area contributed by atoms with Crippen LogP contribution in [0.25, 0.3) is 0 Å². The summed E-state index contributed by atoms with van der Waals surface area (Å²) in [6, 6.07) is 5.64. The highest BCUT2D eigenvalue weighted by Crippen LogP contribution is 2.26. The van der Waals surface area contributed by atoms with Crippen LogP contribution in [0.5, 0.6) is 5.75 Å². The Balaban J connectivity index is 2.40. The zero-order chi connectivity index (χ0) is 11.8. The van der Waals surface area contributed by atoms with Gasteiger partial charge in [-0.1, -0.05) is 11.6 Å². The van der Waals surface area contributed by atoms with Crippen LogP contribution in [0.2, 0.25) is 5.02 Å². The lowest BCUT2D eigenvalue weighted by molar-refractivity contribution is 0.415. The summed E-state index contributed by atoms with van der Waals surface area (Å²) in [5, 5.41) is 4.07. The van der Waals surface area contributed by atoms with Gasteiger partial charge in [0, 0.05) is 12.6 Å². The topological polar surface area (TPSA) is 21.3 Å². The number of methoxy groups -OCH3 is 1. The molecule has 0 aliphatic carbocycles. The standard InChI is InChI=1S/C12H18ClNOS/c1-15-10-5-6-11(13)12(9-10)14-7-3-4-8-16-2/h5-6,9,14H,3-4,7-8H2,1-2H3. The summed E-state index contributed by atoms with van der Waals surface area (Å²) in [6.45, 7) is 0.952. The highest BCUT2D eigenvalue weighted by molar-refractivity contribution is 7.98. The Bertz CT molecular complexity index is 320. The van der Waals surface area contributed by atoms with Crippen LogP contribution < -0.4 is 10.1 Å². The molecular formula is C12H18ClNOS. The van der Waals surface area contributed by atoms with E-state index in [4.69, 9.17) is 16.3 Å². The van der Waals surface area contributed by atoms with Crippen LogP contribution in [-0.2, 0) is 0 Å². The first-order valence-corrected chi connectivity index (χ1v) is 7.11. The molecule has 2 nitrogen and oxygen atoms in total. The summed E-state index contributed by atoms with van der Waals surface area (Å²) in [4.78, 5) is 0. The number of anilines is 1. The minimum Gasteiger partial charge on any atom is -0.497 e. The second-order valence-corrected chi connectivity index (χ2v) is 4.87. The predicted octanol–water partition coefficient (Wildman–Crippen LogP) is 3.90. The van der Waals surface area contributed by atoms with Gasteiger partial charge < -0.3 is 10.1 Å². The number of unbranched alkanes of at least 4 members (excludes halogenated alkanes) is 1. The molecule has 0 fully saturated rings. The maximum absolute atomic E-state index is 6.07. The molecule has 1 aromatic carbocycles. The van der Waals surface area contributed by atoms with E-state index in [1.807, 2.05) is 30.0 Å². The number of ether oxygens (including phenoxy) is 1. The number of hydrogen-bond donors (Lipinski definition) is 1. The first-order valence-electron chi connectivity index (χ1n) is 5.34. The number of halogens is 1. The highest BCUT2D eigenvalue weighted by atomic mass is 35.5. The molecule has 16 heavy (non-hydrogen) atoms. The zero-order valence-electron chi connectivity index (χ0n) is 9.75. The summed E-state index contributed by atoms with van der Waals surface area (Å²) in [5.74, 6) is 2.05. The molecule has 1 rings (SSSR count). The fraction of sp³-hybridized carbons (Fsp3) is 0.500. The summed E-state index contributed by atoms with van der Waals surface area (Å²) < 4.78 is 5.15. The van der Waals surface area contributed by atoms with Crippen molar-refractivity contribution in [3.05, 3.63) is 23.2 Å². The molecule has 0 aliphatic rings. The molecule has 0 saturated heterocycles. The van der Waals surface area contributed by atoms with E-state index in [-0.39, 0.29) is 0 Å². The van der Waals surface area contributed by atoms with Crippen molar-refractivity contribution in [2.45, 2.75) is 12.8 Å². The van der Waals surface area contributed by atoms with Crippen LogP contribution in [0, 0.1) is 0 Å². The third kappa shape index (κ3) is 4.54. The first-order chi connectivity index (χ1) is 7.77. The van der Waals surface area contributed by atoms with Crippen LogP contribution >= 0.6 is 23.4 Å². The third-order valence-electron chi connectivity index (χ3n) is 2.26. The highest BCUT2D eigenvalue weighted by Gasteiger charge is 2.01. The smallest absolute Gasteiger partial charge is 0.121 e. The molecule has 0 amide bonds. The Morgan fingerprint density at radius 2 is 2.19 bits per heavy atom. The fourth-order valence-electron chi connectivity index (χ4n) is 1.36. The summed E-state index contributed by atoms with van der Waals surface area (Å²) in [6.07, 6.45) is 4.52. The first kappa shape index (κ1) is 13.5. The van der Waals surface area contributed by atoms with E-state index in [1.54, 1.807) is 7.11 Å². The van der Waals surface area contributed by atoms with E-state index >= 15 is 0 Å². The second kappa shape index (κ2) is 7.69. The SMILES string of the molecule is COc1ccc(Cl)c(NCCCCSC)c1. The van der Waals surface area contributed by atoms with Crippen molar-refractivity contribution < 1.29 is 4.74 Å². The lowest BCUT2D eigenvalue weighted by Crippen LogP contribution is -2.02. The van der Waals surface area contributed by atoms with E-state index in [1.165, 1.54) is 12.2 Å². The van der Waals surface area contributed by atoms with Gasteiger partial charge in [0.15, 0.2) is 0 Å². The van der Waals surface area contributed by atoms with Crippen LogP contribution in [0.4, 0.5) is 5.69 Å². The van der Waals surface area contributed by atoms with Crippen molar-refractivity contribution in [2.75, 3.05) is 31.0 Å². The van der Waals surface area contributed by atoms with E-state index in [0.29, 0.717) is 0 Å². The predicted molar refractivity (Wildman–Crippen MR) is 74.1 cm³/mol. The maximum atomic E-state index is 6.07. The molecule has 0 bridgehead atoms. The molecule has 0 aromatic heterocycles. The second-order valence-electron chi connectivity index (χ2n) is 3.47. The minimum absolute atomic E-state index is 0.741. The van der Waals surface area contributed by atoms with Gasteiger partial charge >= 0.3 is 0 Å². The number of hydrogen-bond acceptors (Lipinski definition) is 3. The number of rotatable bonds is 7. The largest absolute Gasteiger partial charge is 0.497 e. The molecule has 0 spiro atoms. The van der Waals surface area contributed by atoms with Crippen LogP contribution in [0.3, 0.4) is 0 Å². The molecule has 0 atom stereocenters. The van der Waals surface area contributed by atoms with Gasteiger partial charge in [-0.25, -0.2) is 0 Å². The van der Waals surface area contributed by atoms with Gasteiger partial charge in [0.2, 0.25) is 0 Å². The van der Waals surface area contributed by atoms with Gasteiger partial charge in [-0.15, -0.1) is 0 Å². The zero-order valence-corrected chi connectivity index (χ0v) is 11.3. The Morgan fingerprint density at radius 1 is 1.38 bits per heavy atom. The van der Waals surface area contributed by atoms with Crippen LogP contribution in [-0.4, -0.2) is 25.7 Å². The van der Waals surface area contributed by atoms with Gasteiger partial charge in [0.1, 0.15) is 5.75 Å². The maximum Gasteiger partial charge on any atom is 0.121 e. The normalized spacial score (nSPS) is 10.2. The average molecular weight is 260 g/mol. The van der Waals surface area contributed by atoms with Gasteiger partial charge in [0.05, 0.1) is 17.8 Å². The molecule has 1 N–H and O–H groups in total. The van der Waals surface area contributed by atoms with E-state index in [0.717, 1.165) is 29.4 Å².